The van der Waals surface area contributed by atoms with E-state index < -0.39 is 11.5 Å². The Kier molecular flexibility index (Phi) is 5.91. The third kappa shape index (κ3) is 4.45. The van der Waals surface area contributed by atoms with Crippen molar-refractivity contribution >= 4 is 46.2 Å². The molecule has 6 nitrogen and oxygen atoms in total. The van der Waals surface area contributed by atoms with Crippen molar-refractivity contribution in [1.82, 2.24) is 4.98 Å². The summed E-state index contributed by atoms with van der Waals surface area (Å²) >= 11 is 12.6. The average molecular weight is 483 g/mol. The molecule has 0 saturated heterocycles. The number of Topliss-reactive ketones (excluding diaryl/α,β-unsaturated/α-hetero) is 1. The van der Waals surface area contributed by atoms with E-state index in [0.717, 1.165) is 5.56 Å². The highest BCUT2D eigenvalue weighted by Crippen LogP contribution is 2.42. The van der Waals surface area contributed by atoms with Gasteiger partial charge in [-0.1, -0.05) is 74.3 Å². The topological polar surface area (TPSA) is 95.4 Å². The van der Waals surface area contributed by atoms with Gasteiger partial charge in [-0.15, -0.1) is 0 Å². The van der Waals surface area contributed by atoms with E-state index >= 15 is 0 Å². The summed E-state index contributed by atoms with van der Waals surface area (Å²) in [6.07, 6.45) is -1.07. The van der Waals surface area contributed by atoms with Crippen LogP contribution in [0.25, 0.3) is 33.5 Å². The lowest BCUT2D eigenvalue weighted by Crippen LogP contribution is -2.22. The van der Waals surface area contributed by atoms with Crippen LogP contribution >= 0.6 is 23.2 Å². The number of hydrogen-bond acceptors (Lipinski definition) is 5. The molecule has 0 unspecified atom stereocenters. The van der Waals surface area contributed by atoms with Gasteiger partial charge in [0.1, 0.15) is 0 Å². The molecule has 8 heteroatoms. The van der Waals surface area contributed by atoms with Crippen molar-refractivity contribution in [1.29, 1.82) is 0 Å². The highest BCUT2D eigenvalue weighted by Gasteiger charge is 2.33. The van der Waals surface area contributed by atoms with Crippen molar-refractivity contribution in [2.45, 2.75) is 20.8 Å². The number of carbonyl (C=O) groups is 2. The molecule has 2 aromatic heterocycles. The second kappa shape index (κ2) is 8.54. The van der Waals surface area contributed by atoms with Gasteiger partial charge in [-0.3, -0.25) is 4.79 Å². The zero-order valence-corrected chi connectivity index (χ0v) is 19.6. The Labute approximate surface area is 200 Å². The third-order valence-corrected chi connectivity index (χ3v) is 5.59. The molecule has 33 heavy (non-hydrogen) atoms. The molecule has 1 amide bonds. The molecular formula is C25H20Cl2N2O4. The van der Waals surface area contributed by atoms with E-state index in [1.807, 2.05) is 30.3 Å². The zero-order chi connectivity index (χ0) is 23.9. The van der Waals surface area contributed by atoms with Crippen LogP contribution in [0.3, 0.4) is 0 Å². The smallest absolute Gasteiger partial charge is 0.410 e. The number of rotatable bonds is 4. The minimum absolute atomic E-state index is 0.0640. The molecule has 2 heterocycles. The Hall–Kier alpha value is -3.35. The summed E-state index contributed by atoms with van der Waals surface area (Å²) in [7, 11) is 0. The van der Waals surface area contributed by atoms with Crippen molar-refractivity contribution in [3.63, 3.8) is 0 Å². The highest BCUT2D eigenvalue weighted by atomic mass is 35.5. The van der Waals surface area contributed by atoms with Crippen molar-refractivity contribution in [3.8, 4) is 28.1 Å². The van der Waals surface area contributed by atoms with Gasteiger partial charge in [0.05, 0.1) is 11.1 Å². The molecule has 0 fully saturated rings. The molecule has 168 valence electrons. The fourth-order valence-corrected chi connectivity index (χ4v) is 3.75. The zero-order valence-electron chi connectivity index (χ0n) is 18.1. The van der Waals surface area contributed by atoms with Crippen LogP contribution in [0.15, 0.2) is 59.0 Å². The summed E-state index contributed by atoms with van der Waals surface area (Å²) in [5.74, 6) is -0.544. The van der Waals surface area contributed by atoms with Crippen LogP contribution in [0.5, 0.6) is 5.75 Å². The maximum Gasteiger partial charge on any atom is 0.410 e. The van der Waals surface area contributed by atoms with Crippen LogP contribution in [-0.2, 0) is 0 Å². The summed E-state index contributed by atoms with van der Waals surface area (Å²) < 4.78 is 11.1. The Balaban J connectivity index is 2.08. The first kappa shape index (κ1) is 22.8. The first-order valence-electron chi connectivity index (χ1n) is 10.1. The lowest BCUT2D eigenvalue weighted by atomic mass is 9.89. The Bertz CT molecular complexity index is 1390. The minimum Gasteiger partial charge on any atom is -0.430 e. The van der Waals surface area contributed by atoms with Crippen molar-refractivity contribution < 1.29 is 18.7 Å². The number of aromatic nitrogens is 1. The number of benzene rings is 2. The normalized spacial score (nSPS) is 11.5. The van der Waals surface area contributed by atoms with Gasteiger partial charge in [-0.25, -0.2) is 9.78 Å². The molecule has 0 aliphatic rings. The second-order valence-corrected chi connectivity index (χ2v) is 9.33. The number of hydrogen-bond donors (Lipinski definition) is 1. The van der Waals surface area contributed by atoms with Crippen LogP contribution in [0.2, 0.25) is 10.0 Å². The van der Waals surface area contributed by atoms with Gasteiger partial charge in [0.25, 0.3) is 0 Å². The summed E-state index contributed by atoms with van der Waals surface area (Å²) in [5, 5.41) is 1.40. The van der Waals surface area contributed by atoms with Crippen LogP contribution in [0, 0.1) is 5.41 Å². The fraction of sp³-hybridized carbons (Fsp3) is 0.160. The number of fused-ring (bicyclic) bond motifs is 1. The van der Waals surface area contributed by atoms with E-state index in [9.17, 15) is 9.59 Å². The first-order valence-corrected chi connectivity index (χ1v) is 10.8. The minimum atomic E-state index is -1.07. The number of ketones is 1. The van der Waals surface area contributed by atoms with E-state index in [1.54, 1.807) is 45.0 Å². The number of furan rings is 1. The molecule has 2 N–H and O–H groups in total. The number of pyridine rings is 1. The van der Waals surface area contributed by atoms with Gasteiger partial charge in [0.2, 0.25) is 17.3 Å². The summed E-state index contributed by atoms with van der Waals surface area (Å²) in [5.41, 5.74) is 7.28. The lowest BCUT2D eigenvalue weighted by molar-refractivity contribution is 0.0826. The summed E-state index contributed by atoms with van der Waals surface area (Å²) in [6.45, 7) is 5.20. The quantitative estimate of drug-likeness (QED) is 0.311. The van der Waals surface area contributed by atoms with Gasteiger partial charge >= 0.3 is 6.09 Å². The summed E-state index contributed by atoms with van der Waals surface area (Å²) in [6, 6.07) is 16.2. The molecule has 0 radical (unpaired) electrons. The molecule has 0 aliphatic heterocycles. The van der Waals surface area contributed by atoms with E-state index in [2.05, 4.69) is 4.98 Å². The van der Waals surface area contributed by atoms with Crippen molar-refractivity contribution in [3.05, 3.63) is 70.4 Å². The lowest BCUT2D eigenvalue weighted by Gasteiger charge is -2.14. The molecule has 4 rings (SSSR count). The van der Waals surface area contributed by atoms with Gasteiger partial charge in [-0.05, 0) is 29.8 Å². The van der Waals surface area contributed by atoms with Gasteiger partial charge in [0, 0.05) is 26.6 Å². The molecular weight excluding hydrogens is 463 g/mol. The van der Waals surface area contributed by atoms with Crippen LogP contribution in [0.4, 0.5) is 4.79 Å². The predicted molar refractivity (Wildman–Crippen MR) is 129 cm³/mol. The van der Waals surface area contributed by atoms with E-state index in [-0.39, 0.29) is 23.0 Å². The number of nitrogens with two attached hydrogens (primary N) is 1. The summed E-state index contributed by atoms with van der Waals surface area (Å²) in [4.78, 5) is 29.4. The predicted octanol–water partition coefficient (Wildman–Crippen LogP) is 7.15. The molecule has 0 spiro atoms. The highest BCUT2D eigenvalue weighted by molar-refractivity contribution is 6.33. The number of amides is 1. The maximum absolute atomic E-state index is 13.1. The van der Waals surface area contributed by atoms with Crippen LogP contribution in [0.1, 0.15) is 31.3 Å². The molecule has 0 atom stereocenters. The number of primary amides is 1. The van der Waals surface area contributed by atoms with E-state index in [4.69, 9.17) is 38.1 Å². The molecule has 0 aliphatic carbocycles. The SMILES string of the molecule is CC(C)(C)C(=O)c1oc2nc(-c3ccccc3Cl)c(-c3ccc(Cl)cc3)cc2c1OC(N)=O. The molecule has 0 bridgehead atoms. The Morgan fingerprint density at radius 2 is 1.67 bits per heavy atom. The van der Waals surface area contributed by atoms with Gasteiger partial charge < -0.3 is 14.9 Å². The van der Waals surface area contributed by atoms with Gasteiger partial charge in [-0.2, -0.15) is 0 Å². The number of nitrogens with zero attached hydrogens (tertiary/aromatic N) is 1. The molecule has 4 aromatic rings. The number of carbonyl (C=O) groups excluding carboxylic acids is 2. The van der Waals surface area contributed by atoms with Gasteiger partial charge in [0.15, 0.2) is 5.75 Å². The van der Waals surface area contributed by atoms with E-state index in [1.165, 1.54) is 0 Å². The van der Waals surface area contributed by atoms with Crippen molar-refractivity contribution in [2.24, 2.45) is 11.1 Å². The number of halogens is 2. The Morgan fingerprint density at radius 1 is 1.00 bits per heavy atom. The second-order valence-electron chi connectivity index (χ2n) is 8.48. The van der Waals surface area contributed by atoms with Crippen LogP contribution in [-0.4, -0.2) is 16.9 Å². The first-order chi connectivity index (χ1) is 15.6. The monoisotopic (exact) mass is 482 g/mol. The molecule has 0 saturated carbocycles. The third-order valence-electron chi connectivity index (χ3n) is 5.01. The largest absolute Gasteiger partial charge is 0.430 e. The number of ether oxygens (including phenoxy) is 1. The van der Waals surface area contributed by atoms with Crippen molar-refractivity contribution in [2.75, 3.05) is 0 Å². The van der Waals surface area contributed by atoms with E-state index in [0.29, 0.717) is 32.3 Å². The average Bonchev–Trinajstić information content (AvgIpc) is 3.09. The standard InChI is InChI=1S/C25H20Cl2N2O4/c1-25(2,3)22(30)21-20(33-24(28)31)17-12-16(13-8-10-14(26)11-9-13)19(29-23(17)32-21)15-6-4-5-7-18(15)27/h4-12H,1-3H3,(H2,28,31). The fourth-order valence-electron chi connectivity index (χ4n) is 3.40. The maximum atomic E-state index is 13.1. The Morgan fingerprint density at radius 3 is 2.27 bits per heavy atom. The molecule has 2 aromatic carbocycles. The van der Waals surface area contributed by atoms with Crippen LogP contribution < -0.4 is 10.5 Å².